The Balaban J connectivity index is 2.73. The molecule has 0 aromatic heterocycles. The van der Waals surface area contributed by atoms with Crippen molar-refractivity contribution in [1.82, 2.24) is 0 Å². The number of ether oxygens (including phenoxy) is 1. The number of aryl methyl sites for hydroxylation is 1. The molecule has 0 bridgehead atoms. The third-order valence-electron chi connectivity index (χ3n) is 2.51. The largest absolute Gasteiger partial charge is 0.384 e. The van der Waals surface area contributed by atoms with Gasteiger partial charge in [0.25, 0.3) is 0 Å². The highest BCUT2D eigenvalue weighted by molar-refractivity contribution is 5.25. The van der Waals surface area contributed by atoms with Crippen molar-refractivity contribution >= 4 is 0 Å². The molecule has 1 aromatic carbocycles. The van der Waals surface area contributed by atoms with E-state index in [-0.39, 0.29) is 0 Å². The van der Waals surface area contributed by atoms with Crippen LogP contribution in [0.5, 0.6) is 0 Å². The summed E-state index contributed by atoms with van der Waals surface area (Å²) in [6, 6.07) is 8.62. The molecule has 0 heterocycles. The molecule has 2 nitrogen and oxygen atoms in total. The van der Waals surface area contributed by atoms with E-state index in [1.54, 1.807) is 7.11 Å². The van der Waals surface area contributed by atoms with Gasteiger partial charge in [-0.05, 0) is 17.5 Å². The van der Waals surface area contributed by atoms with Crippen molar-refractivity contribution in [2.45, 2.75) is 19.3 Å². The molecular formula is C12H19NO. The van der Waals surface area contributed by atoms with Crippen molar-refractivity contribution < 1.29 is 4.74 Å². The quantitative estimate of drug-likeness (QED) is 0.775. The zero-order valence-corrected chi connectivity index (χ0v) is 8.99. The molecule has 1 aromatic rings. The molecule has 0 aliphatic heterocycles. The average Bonchev–Trinajstić information content (AvgIpc) is 2.26. The Bertz CT molecular complexity index is 256. The molecular weight excluding hydrogens is 174 g/mol. The molecule has 0 aliphatic carbocycles. The van der Waals surface area contributed by atoms with Crippen LogP contribution >= 0.6 is 0 Å². The van der Waals surface area contributed by atoms with Crippen LogP contribution < -0.4 is 5.73 Å². The van der Waals surface area contributed by atoms with Gasteiger partial charge in [-0.25, -0.2) is 0 Å². The minimum absolute atomic E-state index is 0.325. The summed E-state index contributed by atoms with van der Waals surface area (Å²) in [7, 11) is 1.71. The molecule has 2 heteroatoms. The van der Waals surface area contributed by atoms with Crippen molar-refractivity contribution in [2.75, 3.05) is 20.3 Å². The third-order valence-corrected chi connectivity index (χ3v) is 2.51. The van der Waals surface area contributed by atoms with Gasteiger partial charge in [0.15, 0.2) is 0 Å². The molecule has 1 rings (SSSR count). The molecule has 0 radical (unpaired) electrons. The first-order chi connectivity index (χ1) is 6.81. The Morgan fingerprint density at radius 1 is 1.29 bits per heavy atom. The van der Waals surface area contributed by atoms with E-state index in [4.69, 9.17) is 10.5 Å². The molecule has 1 atom stereocenters. The Hall–Kier alpha value is -0.860. The standard InChI is InChI=1S/C12H19NO/c1-3-10-4-6-11(7-5-10)12(8-13)9-14-2/h4-7,12H,3,8-9,13H2,1-2H3. The third kappa shape index (κ3) is 2.82. The van der Waals surface area contributed by atoms with Gasteiger partial charge in [-0.1, -0.05) is 31.2 Å². The smallest absolute Gasteiger partial charge is 0.0543 e. The van der Waals surface area contributed by atoms with Gasteiger partial charge in [0.1, 0.15) is 0 Å². The summed E-state index contributed by atoms with van der Waals surface area (Å²) in [4.78, 5) is 0. The first kappa shape index (κ1) is 11.2. The SMILES string of the molecule is CCc1ccc(C(CN)COC)cc1. The molecule has 78 valence electrons. The van der Waals surface area contributed by atoms with E-state index >= 15 is 0 Å². The predicted molar refractivity (Wildman–Crippen MR) is 59.5 cm³/mol. The zero-order valence-electron chi connectivity index (χ0n) is 8.99. The van der Waals surface area contributed by atoms with E-state index in [0.29, 0.717) is 19.1 Å². The summed E-state index contributed by atoms with van der Waals surface area (Å²) in [6.45, 7) is 3.49. The van der Waals surface area contributed by atoms with Crippen LogP contribution in [0.25, 0.3) is 0 Å². The molecule has 14 heavy (non-hydrogen) atoms. The second-order valence-electron chi connectivity index (χ2n) is 3.48. The number of methoxy groups -OCH3 is 1. The lowest BCUT2D eigenvalue weighted by Gasteiger charge is -2.14. The van der Waals surface area contributed by atoms with E-state index in [0.717, 1.165) is 6.42 Å². The molecule has 2 N–H and O–H groups in total. The minimum atomic E-state index is 0.325. The second-order valence-corrected chi connectivity index (χ2v) is 3.48. The van der Waals surface area contributed by atoms with Crippen LogP contribution in [0.1, 0.15) is 24.0 Å². The van der Waals surface area contributed by atoms with Gasteiger partial charge in [0.05, 0.1) is 6.61 Å². The summed E-state index contributed by atoms with van der Waals surface area (Å²) >= 11 is 0. The molecule has 0 amide bonds. The highest BCUT2D eigenvalue weighted by Gasteiger charge is 2.08. The van der Waals surface area contributed by atoms with Gasteiger partial charge < -0.3 is 10.5 Å². The van der Waals surface area contributed by atoms with Crippen molar-refractivity contribution in [3.8, 4) is 0 Å². The van der Waals surface area contributed by atoms with Crippen LogP contribution in [0, 0.1) is 0 Å². The van der Waals surface area contributed by atoms with Gasteiger partial charge >= 0.3 is 0 Å². The van der Waals surface area contributed by atoms with E-state index < -0.39 is 0 Å². The number of rotatable bonds is 5. The Morgan fingerprint density at radius 2 is 1.93 bits per heavy atom. The van der Waals surface area contributed by atoms with Gasteiger partial charge in [0, 0.05) is 19.6 Å². The van der Waals surface area contributed by atoms with Crippen molar-refractivity contribution in [3.05, 3.63) is 35.4 Å². The molecule has 0 fully saturated rings. The molecule has 0 saturated carbocycles. The Labute approximate surface area is 86.1 Å². The van der Waals surface area contributed by atoms with Gasteiger partial charge in [0.2, 0.25) is 0 Å². The topological polar surface area (TPSA) is 35.2 Å². The fourth-order valence-corrected chi connectivity index (χ4v) is 1.53. The fourth-order valence-electron chi connectivity index (χ4n) is 1.53. The lowest BCUT2D eigenvalue weighted by atomic mass is 9.98. The van der Waals surface area contributed by atoms with Crippen molar-refractivity contribution in [2.24, 2.45) is 5.73 Å². The van der Waals surface area contributed by atoms with E-state index in [1.807, 2.05) is 0 Å². The van der Waals surface area contributed by atoms with Gasteiger partial charge in [-0.15, -0.1) is 0 Å². The summed E-state index contributed by atoms with van der Waals surface area (Å²) in [6.07, 6.45) is 1.08. The van der Waals surface area contributed by atoms with Gasteiger partial charge in [-0.3, -0.25) is 0 Å². The molecule has 0 aliphatic rings. The summed E-state index contributed by atoms with van der Waals surface area (Å²) in [5.74, 6) is 0.325. The van der Waals surface area contributed by atoms with Crippen LogP contribution in [-0.2, 0) is 11.2 Å². The molecule has 0 saturated heterocycles. The number of benzene rings is 1. The summed E-state index contributed by atoms with van der Waals surface area (Å²) < 4.78 is 5.13. The van der Waals surface area contributed by atoms with Gasteiger partial charge in [-0.2, -0.15) is 0 Å². The number of hydrogen-bond acceptors (Lipinski definition) is 2. The average molecular weight is 193 g/mol. The maximum absolute atomic E-state index is 5.68. The maximum atomic E-state index is 5.68. The first-order valence-electron chi connectivity index (χ1n) is 5.09. The van der Waals surface area contributed by atoms with Crippen molar-refractivity contribution in [3.63, 3.8) is 0 Å². The van der Waals surface area contributed by atoms with Crippen LogP contribution in [-0.4, -0.2) is 20.3 Å². The highest BCUT2D eigenvalue weighted by atomic mass is 16.5. The monoisotopic (exact) mass is 193 g/mol. The lowest BCUT2D eigenvalue weighted by Crippen LogP contribution is -2.17. The molecule has 1 unspecified atom stereocenters. The molecule has 0 spiro atoms. The Kier molecular flexibility index (Phi) is 4.63. The van der Waals surface area contributed by atoms with E-state index in [9.17, 15) is 0 Å². The lowest BCUT2D eigenvalue weighted by molar-refractivity contribution is 0.181. The summed E-state index contributed by atoms with van der Waals surface area (Å²) in [5.41, 5.74) is 8.31. The van der Waals surface area contributed by atoms with E-state index in [2.05, 4.69) is 31.2 Å². The number of nitrogens with two attached hydrogens (primary N) is 1. The van der Waals surface area contributed by atoms with Crippen molar-refractivity contribution in [1.29, 1.82) is 0 Å². The van der Waals surface area contributed by atoms with E-state index in [1.165, 1.54) is 11.1 Å². The van der Waals surface area contributed by atoms with Crippen LogP contribution in [0.3, 0.4) is 0 Å². The predicted octanol–water partition coefficient (Wildman–Crippen LogP) is 1.94. The fraction of sp³-hybridized carbons (Fsp3) is 0.500. The number of hydrogen-bond donors (Lipinski definition) is 1. The normalized spacial score (nSPS) is 12.8. The zero-order chi connectivity index (χ0) is 10.4. The van der Waals surface area contributed by atoms with Crippen LogP contribution in [0.15, 0.2) is 24.3 Å². The van der Waals surface area contributed by atoms with Crippen LogP contribution in [0.2, 0.25) is 0 Å². The Morgan fingerprint density at radius 3 is 2.36 bits per heavy atom. The summed E-state index contributed by atoms with van der Waals surface area (Å²) in [5, 5.41) is 0. The minimum Gasteiger partial charge on any atom is -0.384 e. The first-order valence-corrected chi connectivity index (χ1v) is 5.09. The second kappa shape index (κ2) is 5.78. The highest BCUT2D eigenvalue weighted by Crippen LogP contribution is 2.15. The van der Waals surface area contributed by atoms with Crippen LogP contribution in [0.4, 0.5) is 0 Å². The maximum Gasteiger partial charge on any atom is 0.0543 e.